The van der Waals surface area contributed by atoms with Gasteiger partial charge < -0.3 is 5.32 Å². The van der Waals surface area contributed by atoms with Crippen molar-refractivity contribution >= 4 is 15.9 Å². The third-order valence-corrected chi connectivity index (χ3v) is 4.90. The Morgan fingerprint density at radius 1 is 1.33 bits per heavy atom. The first-order valence-electron chi connectivity index (χ1n) is 6.80. The largest absolute Gasteiger partial charge is 0.316 e. The smallest absolute Gasteiger partial charge is 0.137 e. The van der Waals surface area contributed by atoms with E-state index in [2.05, 4.69) is 28.2 Å². The van der Waals surface area contributed by atoms with Crippen LogP contribution in [0.5, 0.6) is 0 Å². The summed E-state index contributed by atoms with van der Waals surface area (Å²) in [5.74, 6) is -0.149. The molecule has 1 N–H and O–H groups in total. The summed E-state index contributed by atoms with van der Waals surface area (Å²) in [5, 5.41) is 3.48. The summed E-state index contributed by atoms with van der Waals surface area (Å²) in [6.07, 6.45) is 6.08. The van der Waals surface area contributed by atoms with Crippen molar-refractivity contribution in [3.8, 4) is 0 Å². The average molecular weight is 314 g/mol. The van der Waals surface area contributed by atoms with Crippen molar-refractivity contribution in [2.24, 2.45) is 5.41 Å². The molecule has 2 rings (SSSR count). The molecule has 0 saturated heterocycles. The van der Waals surface area contributed by atoms with E-state index in [1.165, 1.54) is 31.7 Å². The van der Waals surface area contributed by atoms with Crippen molar-refractivity contribution in [1.82, 2.24) is 5.32 Å². The Kier molecular flexibility index (Phi) is 4.79. The Hall–Kier alpha value is -0.410. The van der Waals surface area contributed by atoms with Crippen molar-refractivity contribution in [3.63, 3.8) is 0 Å². The molecular weight excluding hydrogens is 293 g/mol. The Morgan fingerprint density at radius 3 is 2.72 bits per heavy atom. The van der Waals surface area contributed by atoms with Crippen molar-refractivity contribution in [2.75, 3.05) is 13.1 Å². The van der Waals surface area contributed by atoms with Gasteiger partial charge in [0.05, 0.1) is 4.47 Å². The first kappa shape index (κ1) is 14.0. The molecule has 0 aromatic heterocycles. The van der Waals surface area contributed by atoms with Crippen LogP contribution in [0.4, 0.5) is 4.39 Å². The lowest BCUT2D eigenvalue weighted by Gasteiger charge is -2.30. The summed E-state index contributed by atoms with van der Waals surface area (Å²) in [6.45, 7) is 4.19. The molecule has 0 aliphatic heterocycles. The van der Waals surface area contributed by atoms with E-state index in [-0.39, 0.29) is 5.82 Å². The molecule has 18 heavy (non-hydrogen) atoms. The zero-order valence-corrected chi connectivity index (χ0v) is 12.5. The Balaban J connectivity index is 2.15. The van der Waals surface area contributed by atoms with E-state index in [9.17, 15) is 4.39 Å². The number of rotatable bonds is 5. The Labute approximate surface area is 117 Å². The first-order valence-corrected chi connectivity index (χ1v) is 7.60. The van der Waals surface area contributed by atoms with Gasteiger partial charge in [-0.2, -0.15) is 0 Å². The minimum absolute atomic E-state index is 0.149. The molecule has 1 aliphatic rings. The summed E-state index contributed by atoms with van der Waals surface area (Å²) in [4.78, 5) is 0. The van der Waals surface area contributed by atoms with Gasteiger partial charge in [0.1, 0.15) is 5.82 Å². The van der Waals surface area contributed by atoms with Crippen LogP contribution in [0.2, 0.25) is 0 Å². The lowest BCUT2D eigenvalue weighted by atomic mass is 9.80. The van der Waals surface area contributed by atoms with Crippen LogP contribution in [-0.4, -0.2) is 13.1 Å². The molecule has 0 unspecified atom stereocenters. The third-order valence-electron chi connectivity index (χ3n) is 4.01. The van der Waals surface area contributed by atoms with Crippen LogP contribution in [0, 0.1) is 11.2 Å². The van der Waals surface area contributed by atoms with Crippen molar-refractivity contribution < 1.29 is 4.39 Å². The Morgan fingerprint density at radius 2 is 2.06 bits per heavy atom. The van der Waals surface area contributed by atoms with Gasteiger partial charge in [0.25, 0.3) is 0 Å². The SMILES string of the molecule is CCNCC1(Cc2cccc(F)c2Br)CCCC1. The monoisotopic (exact) mass is 313 g/mol. The van der Waals surface area contributed by atoms with E-state index in [4.69, 9.17) is 0 Å². The number of halogens is 2. The molecular formula is C15H21BrFN. The predicted octanol–water partition coefficient (Wildman–Crippen LogP) is 4.30. The van der Waals surface area contributed by atoms with Crippen LogP contribution in [0.25, 0.3) is 0 Å². The quantitative estimate of drug-likeness (QED) is 0.854. The number of hydrogen-bond acceptors (Lipinski definition) is 1. The molecule has 0 radical (unpaired) electrons. The molecule has 1 nitrogen and oxygen atoms in total. The van der Waals surface area contributed by atoms with Crippen LogP contribution in [0.15, 0.2) is 22.7 Å². The standard InChI is InChI=1S/C15H21BrFN/c1-2-18-11-15(8-3-4-9-15)10-12-6-5-7-13(17)14(12)16/h5-7,18H,2-4,8-11H2,1H3. The molecule has 100 valence electrons. The van der Waals surface area contributed by atoms with Crippen molar-refractivity contribution in [3.05, 3.63) is 34.1 Å². The first-order chi connectivity index (χ1) is 8.67. The third kappa shape index (κ3) is 3.12. The second kappa shape index (κ2) is 6.16. The van der Waals surface area contributed by atoms with Gasteiger partial charge in [-0.1, -0.05) is 31.9 Å². The molecule has 0 heterocycles. The van der Waals surface area contributed by atoms with E-state index in [0.29, 0.717) is 9.89 Å². The van der Waals surface area contributed by atoms with E-state index >= 15 is 0 Å². The number of hydrogen-bond donors (Lipinski definition) is 1. The normalized spacial score (nSPS) is 18.2. The highest BCUT2D eigenvalue weighted by Gasteiger charge is 2.34. The fourth-order valence-electron chi connectivity index (χ4n) is 3.02. The maximum absolute atomic E-state index is 13.6. The van der Waals surface area contributed by atoms with Gasteiger partial charge in [-0.15, -0.1) is 0 Å². The van der Waals surface area contributed by atoms with Gasteiger partial charge in [0.15, 0.2) is 0 Å². The molecule has 0 spiro atoms. The topological polar surface area (TPSA) is 12.0 Å². The van der Waals surface area contributed by atoms with Gasteiger partial charge in [-0.05, 0) is 58.8 Å². The number of nitrogens with one attached hydrogen (secondary N) is 1. The van der Waals surface area contributed by atoms with Gasteiger partial charge in [-0.3, -0.25) is 0 Å². The van der Waals surface area contributed by atoms with Gasteiger partial charge >= 0.3 is 0 Å². The maximum Gasteiger partial charge on any atom is 0.137 e. The zero-order valence-electron chi connectivity index (χ0n) is 10.9. The highest BCUT2D eigenvalue weighted by atomic mass is 79.9. The fraction of sp³-hybridized carbons (Fsp3) is 0.600. The lowest BCUT2D eigenvalue weighted by molar-refractivity contribution is 0.279. The summed E-state index contributed by atoms with van der Waals surface area (Å²) in [7, 11) is 0. The van der Waals surface area contributed by atoms with E-state index < -0.39 is 0 Å². The van der Waals surface area contributed by atoms with Crippen LogP contribution in [0.1, 0.15) is 38.2 Å². The van der Waals surface area contributed by atoms with Crippen LogP contribution >= 0.6 is 15.9 Å². The fourth-order valence-corrected chi connectivity index (χ4v) is 3.42. The van der Waals surface area contributed by atoms with Crippen molar-refractivity contribution in [1.29, 1.82) is 0 Å². The maximum atomic E-state index is 13.6. The molecule has 1 aromatic carbocycles. The minimum Gasteiger partial charge on any atom is -0.316 e. The highest BCUT2D eigenvalue weighted by Crippen LogP contribution is 2.41. The van der Waals surface area contributed by atoms with Gasteiger partial charge in [0, 0.05) is 6.54 Å². The molecule has 0 bridgehead atoms. The van der Waals surface area contributed by atoms with E-state index in [0.717, 1.165) is 25.1 Å². The average Bonchev–Trinajstić information content (AvgIpc) is 2.82. The summed E-state index contributed by atoms with van der Waals surface area (Å²) >= 11 is 3.38. The van der Waals surface area contributed by atoms with E-state index in [1.54, 1.807) is 0 Å². The molecule has 0 amide bonds. The molecule has 1 aromatic rings. The highest BCUT2D eigenvalue weighted by molar-refractivity contribution is 9.10. The summed E-state index contributed by atoms with van der Waals surface area (Å²) < 4.78 is 14.2. The molecule has 3 heteroatoms. The summed E-state index contributed by atoms with van der Waals surface area (Å²) in [5.41, 5.74) is 1.43. The Bertz CT molecular complexity index is 399. The van der Waals surface area contributed by atoms with Crippen LogP contribution in [0.3, 0.4) is 0 Å². The second-order valence-corrected chi connectivity index (χ2v) is 6.17. The molecule has 1 aliphatic carbocycles. The minimum atomic E-state index is -0.149. The van der Waals surface area contributed by atoms with E-state index in [1.807, 2.05) is 12.1 Å². The molecule has 1 fully saturated rings. The van der Waals surface area contributed by atoms with Gasteiger partial charge in [0.2, 0.25) is 0 Å². The zero-order chi connectivity index (χ0) is 13.0. The lowest BCUT2D eigenvalue weighted by Crippen LogP contribution is -2.34. The number of benzene rings is 1. The molecule has 0 atom stereocenters. The van der Waals surface area contributed by atoms with Gasteiger partial charge in [-0.25, -0.2) is 4.39 Å². The molecule has 1 saturated carbocycles. The predicted molar refractivity (Wildman–Crippen MR) is 77.2 cm³/mol. The van der Waals surface area contributed by atoms with Crippen LogP contribution < -0.4 is 5.32 Å². The second-order valence-electron chi connectivity index (χ2n) is 5.38. The summed E-state index contributed by atoms with van der Waals surface area (Å²) in [6, 6.07) is 5.36. The van der Waals surface area contributed by atoms with Crippen molar-refractivity contribution in [2.45, 2.75) is 39.0 Å². The van der Waals surface area contributed by atoms with Crippen LogP contribution in [-0.2, 0) is 6.42 Å².